The average Bonchev–Trinajstić information content (AvgIpc) is 2.28. The summed E-state index contributed by atoms with van der Waals surface area (Å²) in [5, 5.41) is 3.84. The second kappa shape index (κ2) is 7.06. The number of anilines is 1. The molecule has 0 aliphatic rings. The summed E-state index contributed by atoms with van der Waals surface area (Å²) in [6, 6.07) is 2.23. The molecule has 0 amide bonds. The van der Waals surface area contributed by atoms with Crippen LogP contribution in [0, 0.1) is 0 Å². The number of nitrogens with one attached hydrogen (secondary N) is 1. The summed E-state index contributed by atoms with van der Waals surface area (Å²) in [5.41, 5.74) is -10.7. The number of nitrogens with two attached hydrogens (primary N) is 1. The van der Waals surface area contributed by atoms with Crippen molar-refractivity contribution in [2.45, 2.75) is 11.0 Å². The summed E-state index contributed by atoms with van der Waals surface area (Å²) in [6.07, 6.45) is 1.02. The van der Waals surface area contributed by atoms with Gasteiger partial charge >= 0.3 is 31.1 Å². The number of halogens is 7. The molecule has 0 atom stereocenters. The van der Waals surface area contributed by atoms with Gasteiger partial charge in [0.15, 0.2) is 0 Å². The predicted octanol–water partition coefficient (Wildman–Crippen LogP) is 1.79. The van der Waals surface area contributed by atoms with E-state index in [4.69, 9.17) is 11.6 Å². The van der Waals surface area contributed by atoms with Crippen LogP contribution < -0.4 is 9.86 Å². The van der Waals surface area contributed by atoms with Crippen LogP contribution in [0.25, 0.3) is 0 Å². The van der Waals surface area contributed by atoms with Gasteiger partial charge < -0.3 is 0 Å². The van der Waals surface area contributed by atoms with E-state index in [1.54, 1.807) is 0 Å². The van der Waals surface area contributed by atoms with Gasteiger partial charge in [0.25, 0.3) is 0 Å². The van der Waals surface area contributed by atoms with Crippen LogP contribution in [0.15, 0.2) is 18.3 Å². The minimum absolute atomic E-state index is 0.185. The van der Waals surface area contributed by atoms with Crippen molar-refractivity contribution in [3.63, 3.8) is 0 Å². The zero-order valence-electron chi connectivity index (χ0n) is 10.4. The molecule has 0 aliphatic heterocycles. The normalized spacial score (nSPS) is 13.0. The minimum atomic E-state index is -5.42. The van der Waals surface area contributed by atoms with E-state index >= 15 is 0 Å². The van der Waals surface area contributed by atoms with Crippen molar-refractivity contribution in [1.82, 2.24) is 4.98 Å². The molecule has 0 radical (unpaired) electrons. The van der Waals surface area contributed by atoms with Crippen LogP contribution in [-0.2, 0) is 20.0 Å². The van der Waals surface area contributed by atoms with Gasteiger partial charge in [0, 0.05) is 6.20 Å². The van der Waals surface area contributed by atoms with Gasteiger partial charge in [-0.05, 0) is 12.1 Å². The fraction of sp³-hybridized carbons (Fsp3) is 0.286. The molecular weight excluding hydrogens is 404 g/mol. The first kappa shape index (κ1) is 21.7. The molecule has 0 aromatic carbocycles. The predicted molar refractivity (Wildman–Crippen MR) is 67.0 cm³/mol. The molecule has 23 heavy (non-hydrogen) atoms. The first-order valence-corrected chi connectivity index (χ1v) is 8.18. The summed E-state index contributed by atoms with van der Waals surface area (Å²) >= 11 is 5.41. The van der Waals surface area contributed by atoms with Crippen molar-refractivity contribution >= 4 is 37.5 Å². The molecule has 7 nitrogen and oxygen atoms in total. The first-order valence-electron chi connectivity index (χ1n) is 4.77. The second-order valence-corrected chi connectivity index (χ2v) is 7.07. The monoisotopic (exact) mass is 409 g/mol. The molecule has 0 unspecified atom stereocenters. The molecule has 1 aromatic rings. The maximum atomic E-state index is 11.9. The van der Waals surface area contributed by atoms with Crippen molar-refractivity contribution in [1.29, 1.82) is 0 Å². The molecule has 3 N–H and O–H groups in total. The third-order valence-electron chi connectivity index (χ3n) is 1.59. The van der Waals surface area contributed by atoms with Crippen LogP contribution >= 0.6 is 11.6 Å². The molecule has 1 heterocycles. The van der Waals surface area contributed by atoms with Gasteiger partial charge in [-0.25, -0.2) is 18.5 Å². The van der Waals surface area contributed by atoms with Crippen LogP contribution in [0.5, 0.6) is 0 Å². The topological polar surface area (TPSA) is 119 Å². The van der Waals surface area contributed by atoms with E-state index < -0.39 is 36.9 Å². The Hall–Kier alpha value is -1.32. The number of alkyl halides is 6. The highest BCUT2D eigenvalue weighted by atomic mass is 35.5. The maximum Gasteiger partial charge on any atom is 0.516 e. The van der Waals surface area contributed by atoms with Crippen molar-refractivity contribution in [2.75, 3.05) is 4.72 Å². The third-order valence-corrected chi connectivity index (χ3v) is 3.55. The standard InChI is InChI=1S/C6H4ClF3N2O2S.CH2F3NO2S/c7-4-1-2-5(11-3-4)12-15(13,14)6(8,9)10;2-1(3,4)8(5,6)7/h1-3H,(H,11,12);(H2,5,6,7). The molecule has 16 heteroatoms. The molecule has 0 saturated carbocycles. The molecule has 1 rings (SSSR count). The summed E-state index contributed by atoms with van der Waals surface area (Å²) in [6.45, 7) is 0. The van der Waals surface area contributed by atoms with Crippen LogP contribution in [0.4, 0.5) is 32.2 Å². The fourth-order valence-corrected chi connectivity index (χ4v) is 1.26. The minimum Gasteiger partial charge on any atom is -0.260 e. The number of nitrogens with zero attached hydrogens (tertiary/aromatic N) is 1. The fourth-order valence-electron chi connectivity index (χ4n) is 0.632. The SMILES string of the molecule is NS(=O)(=O)C(F)(F)F.O=S(=O)(Nc1ccc(Cl)cn1)C(F)(F)F. The lowest BCUT2D eigenvalue weighted by molar-refractivity contribution is -0.0439. The van der Waals surface area contributed by atoms with E-state index in [1.807, 2.05) is 0 Å². The Kier molecular flexibility index (Phi) is 6.66. The largest absolute Gasteiger partial charge is 0.516 e. The Labute approximate surface area is 130 Å². The lowest BCUT2D eigenvalue weighted by Gasteiger charge is -2.09. The summed E-state index contributed by atoms with van der Waals surface area (Å²) in [7, 11) is -10.8. The molecule has 0 fully saturated rings. The molecule has 0 bridgehead atoms. The zero-order chi connectivity index (χ0) is 18.7. The van der Waals surface area contributed by atoms with Crippen LogP contribution in [0.2, 0.25) is 5.02 Å². The Balaban J connectivity index is 0.000000515. The number of primary sulfonamides is 1. The Bertz CT molecular complexity index is 729. The van der Waals surface area contributed by atoms with E-state index in [2.05, 4.69) is 10.1 Å². The number of hydrogen-bond donors (Lipinski definition) is 2. The smallest absolute Gasteiger partial charge is 0.260 e. The van der Waals surface area contributed by atoms with Crippen molar-refractivity contribution < 1.29 is 43.2 Å². The van der Waals surface area contributed by atoms with Gasteiger partial charge in [-0.15, -0.1) is 0 Å². The summed E-state index contributed by atoms with van der Waals surface area (Å²) < 4.78 is 109. The number of sulfonamides is 2. The average molecular weight is 410 g/mol. The highest BCUT2D eigenvalue weighted by Crippen LogP contribution is 2.24. The van der Waals surface area contributed by atoms with Gasteiger partial charge in [0.05, 0.1) is 5.02 Å². The molecule has 1 aromatic heterocycles. The van der Waals surface area contributed by atoms with E-state index in [9.17, 15) is 43.2 Å². The van der Waals surface area contributed by atoms with E-state index in [0.717, 1.165) is 12.3 Å². The van der Waals surface area contributed by atoms with Crippen LogP contribution in [0.1, 0.15) is 0 Å². The van der Waals surface area contributed by atoms with Gasteiger partial charge in [-0.1, -0.05) is 11.6 Å². The second-order valence-electron chi connectivity index (χ2n) is 3.40. The first-order chi connectivity index (χ1) is 9.97. The molecular formula is C7H6ClF6N3O4S2. The van der Waals surface area contributed by atoms with Crippen LogP contribution in [0.3, 0.4) is 0 Å². The number of aromatic nitrogens is 1. The maximum absolute atomic E-state index is 11.9. The Morgan fingerprint density at radius 3 is 1.70 bits per heavy atom. The zero-order valence-corrected chi connectivity index (χ0v) is 12.7. The Morgan fingerprint density at radius 1 is 1.00 bits per heavy atom. The van der Waals surface area contributed by atoms with Gasteiger partial charge in [0.2, 0.25) is 0 Å². The summed E-state index contributed by atoms with van der Waals surface area (Å²) in [4.78, 5) is 3.35. The van der Waals surface area contributed by atoms with Crippen molar-refractivity contribution in [2.24, 2.45) is 5.14 Å². The Morgan fingerprint density at radius 2 is 1.43 bits per heavy atom. The number of hydrogen-bond acceptors (Lipinski definition) is 5. The van der Waals surface area contributed by atoms with Crippen molar-refractivity contribution in [3.05, 3.63) is 23.4 Å². The van der Waals surface area contributed by atoms with Gasteiger partial charge in [-0.2, -0.15) is 34.8 Å². The lowest BCUT2D eigenvalue weighted by Crippen LogP contribution is -2.30. The highest BCUT2D eigenvalue weighted by Gasteiger charge is 2.46. The van der Waals surface area contributed by atoms with Gasteiger partial charge in [-0.3, -0.25) is 4.72 Å². The van der Waals surface area contributed by atoms with E-state index in [0.29, 0.717) is 0 Å². The van der Waals surface area contributed by atoms with Crippen LogP contribution in [-0.4, -0.2) is 32.8 Å². The third kappa shape index (κ3) is 7.19. The van der Waals surface area contributed by atoms with E-state index in [-0.39, 0.29) is 5.02 Å². The molecule has 0 aliphatic carbocycles. The highest BCUT2D eigenvalue weighted by molar-refractivity contribution is 7.93. The number of pyridine rings is 1. The molecule has 0 saturated heterocycles. The molecule has 134 valence electrons. The lowest BCUT2D eigenvalue weighted by atomic mass is 10.5. The summed E-state index contributed by atoms with van der Waals surface area (Å²) in [5.74, 6) is -0.447. The van der Waals surface area contributed by atoms with E-state index in [1.165, 1.54) is 10.8 Å². The number of rotatable bonds is 2. The molecule has 0 spiro atoms. The van der Waals surface area contributed by atoms with Gasteiger partial charge in [0.1, 0.15) is 5.82 Å². The quantitative estimate of drug-likeness (QED) is 0.722. The van der Waals surface area contributed by atoms with Crippen molar-refractivity contribution in [3.8, 4) is 0 Å².